The van der Waals surface area contributed by atoms with Gasteiger partial charge in [0.05, 0.1) is 5.76 Å². The highest BCUT2D eigenvalue weighted by atomic mass is 32.2. The number of benzene rings is 1. The van der Waals surface area contributed by atoms with Crippen molar-refractivity contribution in [3.63, 3.8) is 0 Å². The van der Waals surface area contributed by atoms with E-state index in [1.807, 2.05) is 17.0 Å². The lowest BCUT2D eigenvalue weighted by molar-refractivity contribution is -0.135. The summed E-state index contributed by atoms with van der Waals surface area (Å²) in [5, 5.41) is 0. The predicted molar refractivity (Wildman–Crippen MR) is 73.3 cm³/mol. The van der Waals surface area contributed by atoms with Gasteiger partial charge in [-0.2, -0.15) is 0 Å². The molecule has 0 fully saturated rings. The van der Waals surface area contributed by atoms with Crippen LogP contribution in [-0.2, 0) is 16.1 Å². The Kier molecular flexibility index (Phi) is 4.31. The van der Waals surface area contributed by atoms with E-state index in [0.29, 0.717) is 12.3 Å². The molecule has 1 aliphatic heterocycles. The molecule has 0 spiro atoms. The van der Waals surface area contributed by atoms with Crippen molar-refractivity contribution < 1.29 is 9.53 Å². The fourth-order valence-electron chi connectivity index (χ4n) is 1.81. The first-order valence-electron chi connectivity index (χ1n) is 5.93. The van der Waals surface area contributed by atoms with Crippen LogP contribution in [0.1, 0.15) is 12.5 Å². The van der Waals surface area contributed by atoms with Crippen molar-refractivity contribution in [3.8, 4) is 0 Å². The molecular formula is C14H17NO2S. The highest BCUT2D eigenvalue weighted by Gasteiger charge is 2.19. The minimum Gasteiger partial charge on any atom is -0.489 e. The van der Waals surface area contributed by atoms with Gasteiger partial charge in [-0.3, -0.25) is 4.79 Å². The van der Waals surface area contributed by atoms with Gasteiger partial charge in [0, 0.05) is 23.7 Å². The van der Waals surface area contributed by atoms with Gasteiger partial charge < -0.3 is 9.64 Å². The summed E-state index contributed by atoms with van der Waals surface area (Å²) in [6, 6.07) is 8.23. The molecule has 3 nitrogen and oxygen atoms in total. The Morgan fingerprint density at radius 2 is 2.28 bits per heavy atom. The van der Waals surface area contributed by atoms with Gasteiger partial charge in [-0.05, 0) is 18.6 Å². The molecule has 1 aromatic carbocycles. The molecule has 0 aliphatic carbocycles. The molecule has 1 amide bonds. The number of allylic oxidation sites excluding steroid dienone is 1. The molecule has 1 heterocycles. The summed E-state index contributed by atoms with van der Waals surface area (Å²) in [6.45, 7) is 6.90. The van der Waals surface area contributed by atoms with Crippen LogP contribution in [0.3, 0.4) is 0 Å². The lowest BCUT2D eigenvalue weighted by Crippen LogP contribution is -2.34. The fourth-order valence-corrected chi connectivity index (χ4v) is 2.84. The second-order valence-corrected chi connectivity index (χ2v) is 5.40. The normalized spacial score (nSPS) is 14.6. The molecule has 0 N–H and O–H groups in total. The molecule has 1 aromatic rings. The summed E-state index contributed by atoms with van der Waals surface area (Å²) in [5.41, 5.74) is 1.21. The van der Waals surface area contributed by atoms with Crippen molar-refractivity contribution in [1.29, 1.82) is 0 Å². The van der Waals surface area contributed by atoms with Crippen LogP contribution in [0, 0.1) is 0 Å². The second-order valence-electron chi connectivity index (χ2n) is 4.26. The molecule has 96 valence electrons. The number of amides is 1. The Morgan fingerprint density at radius 1 is 1.50 bits per heavy atom. The van der Waals surface area contributed by atoms with Crippen LogP contribution in [0.4, 0.5) is 0 Å². The average molecular weight is 263 g/mol. The van der Waals surface area contributed by atoms with Crippen LogP contribution in [-0.4, -0.2) is 29.7 Å². The summed E-state index contributed by atoms with van der Waals surface area (Å²) in [5.74, 6) is 1.53. The van der Waals surface area contributed by atoms with Gasteiger partial charge in [-0.15, -0.1) is 11.8 Å². The van der Waals surface area contributed by atoms with E-state index in [9.17, 15) is 4.79 Å². The molecule has 0 bridgehead atoms. The van der Waals surface area contributed by atoms with Gasteiger partial charge in [0.15, 0.2) is 6.61 Å². The van der Waals surface area contributed by atoms with E-state index in [2.05, 4.69) is 18.7 Å². The van der Waals surface area contributed by atoms with Crippen LogP contribution >= 0.6 is 11.8 Å². The van der Waals surface area contributed by atoms with Crippen LogP contribution in [0.15, 0.2) is 41.5 Å². The van der Waals surface area contributed by atoms with Gasteiger partial charge in [0.25, 0.3) is 5.91 Å². The van der Waals surface area contributed by atoms with E-state index in [0.717, 1.165) is 12.3 Å². The number of carbonyl (C=O) groups is 1. The van der Waals surface area contributed by atoms with Crippen LogP contribution in [0.25, 0.3) is 0 Å². The standard InChI is InChI=1S/C14H17NO2S/c1-11(2)17-10-14(16)15-7-8-18-13-6-4-3-5-12(13)9-15/h3-6H,1,7-10H2,2H3. The second kappa shape index (κ2) is 5.96. The van der Waals surface area contributed by atoms with E-state index >= 15 is 0 Å². The summed E-state index contributed by atoms with van der Waals surface area (Å²) in [7, 11) is 0. The highest BCUT2D eigenvalue weighted by Crippen LogP contribution is 2.27. The molecule has 0 atom stereocenters. The third kappa shape index (κ3) is 3.29. The molecule has 4 heteroatoms. The summed E-state index contributed by atoms with van der Waals surface area (Å²) >= 11 is 1.80. The van der Waals surface area contributed by atoms with Gasteiger partial charge in [0.1, 0.15) is 0 Å². The molecule has 2 rings (SSSR count). The molecule has 1 aliphatic rings. The van der Waals surface area contributed by atoms with Crippen LogP contribution in [0.2, 0.25) is 0 Å². The van der Waals surface area contributed by atoms with E-state index in [-0.39, 0.29) is 12.5 Å². The zero-order chi connectivity index (χ0) is 13.0. The monoisotopic (exact) mass is 263 g/mol. The first kappa shape index (κ1) is 13.0. The van der Waals surface area contributed by atoms with E-state index in [1.54, 1.807) is 18.7 Å². The SMILES string of the molecule is C=C(C)OCC(=O)N1CCSc2ccccc2C1. The van der Waals surface area contributed by atoms with Crippen molar-refractivity contribution in [2.24, 2.45) is 0 Å². The predicted octanol–water partition coefficient (Wildman–Crippen LogP) is 2.67. The van der Waals surface area contributed by atoms with Crippen molar-refractivity contribution in [1.82, 2.24) is 4.90 Å². The summed E-state index contributed by atoms with van der Waals surface area (Å²) in [6.07, 6.45) is 0. The maximum atomic E-state index is 12.0. The average Bonchev–Trinajstić information content (AvgIpc) is 2.57. The molecule has 0 radical (unpaired) electrons. The largest absolute Gasteiger partial charge is 0.489 e. The minimum absolute atomic E-state index is 0.0234. The van der Waals surface area contributed by atoms with Crippen LogP contribution in [0.5, 0.6) is 0 Å². The van der Waals surface area contributed by atoms with Gasteiger partial charge in [-0.1, -0.05) is 24.8 Å². The molecule has 0 saturated carbocycles. The number of ether oxygens (including phenoxy) is 1. The molecule has 0 aromatic heterocycles. The third-order valence-corrected chi connectivity index (χ3v) is 3.84. The third-order valence-electron chi connectivity index (χ3n) is 2.75. The zero-order valence-corrected chi connectivity index (χ0v) is 11.3. The maximum absolute atomic E-state index is 12.0. The number of thioether (sulfide) groups is 1. The van der Waals surface area contributed by atoms with Crippen molar-refractivity contribution in [3.05, 3.63) is 42.2 Å². The number of carbonyl (C=O) groups excluding carboxylic acids is 1. The first-order valence-corrected chi connectivity index (χ1v) is 6.92. The Labute approximate surface area is 112 Å². The van der Waals surface area contributed by atoms with Gasteiger partial charge in [-0.25, -0.2) is 0 Å². The number of fused-ring (bicyclic) bond motifs is 1. The Hall–Kier alpha value is -1.42. The van der Waals surface area contributed by atoms with Crippen LogP contribution < -0.4 is 0 Å². The quantitative estimate of drug-likeness (QED) is 0.785. The number of nitrogens with zero attached hydrogens (tertiary/aromatic N) is 1. The summed E-state index contributed by atoms with van der Waals surface area (Å²) in [4.78, 5) is 15.1. The van der Waals surface area contributed by atoms with Crippen molar-refractivity contribution >= 4 is 17.7 Å². The maximum Gasteiger partial charge on any atom is 0.260 e. The molecular weight excluding hydrogens is 246 g/mol. The minimum atomic E-state index is 0.0234. The van der Waals surface area contributed by atoms with E-state index in [4.69, 9.17) is 4.74 Å². The van der Waals surface area contributed by atoms with Crippen molar-refractivity contribution in [2.75, 3.05) is 18.9 Å². The highest BCUT2D eigenvalue weighted by molar-refractivity contribution is 7.99. The van der Waals surface area contributed by atoms with E-state index in [1.165, 1.54) is 10.5 Å². The Bertz CT molecular complexity index is 459. The smallest absolute Gasteiger partial charge is 0.260 e. The summed E-state index contributed by atoms with van der Waals surface area (Å²) < 4.78 is 5.19. The number of rotatable bonds is 3. The number of hydrogen-bond acceptors (Lipinski definition) is 3. The molecule has 18 heavy (non-hydrogen) atoms. The molecule has 0 unspecified atom stereocenters. The van der Waals surface area contributed by atoms with E-state index < -0.39 is 0 Å². The van der Waals surface area contributed by atoms with Gasteiger partial charge >= 0.3 is 0 Å². The van der Waals surface area contributed by atoms with Gasteiger partial charge in [0.2, 0.25) is 0 Å². The Balaban J connectivity index is 2.03. The lowest BCUT2D eigenvalue weighted by atomic mass is 10.2. The fraction of sp³-hybridized carbons (Fsp3) is 0.357. The topological polar surface area (TPSA) is 29.5 Å². The lowest BCUT2D eigenvalue weighted by Gasteiger charge is -2.20. The number of hydrogen-bond donors (Lipinski definition) is 0. The zero-order valence-electron chi connectivity index (χ0n) is 10.5. The Morgan fingerprint density at radius 3 is 3.06 bits per heavy atom. The molecule has 0 saturated heterocycles. The van der Waals surface area contributed by atoms with Crippen molar-refractivity contribution in [2.45, 2.75) is 18.4 Å². The first-order chi connectivity index (χ1) is 8.66.